The van der Waals surface area contributed by atoms with Gasteiger partial charge in [-0.1, -0.05) is 67.6 Å². The number of hydrogen-bond donors (Lipinski definition) is 0. The van der Waals surface area contributed by atoms with Crippen molar-refractivity contribution in [2.24, 2.45) is 5.41 Å². The third kappa shape index (κ3) is 3.02. The molecule has 5 nitrogen and oxygen atoms in total. The highest BCUT2D eigenvalue weighted by Crippen LogP contribution is 2.50. The molecule has 2 heterocycles. The number of hydrogen-bond acceptors (Lipinski definition) is 5. The molecule has 2 aromatic carbocycles. The van der Waals surface area contributed by atoms with Gasteiger partial charge in [-0.05, 0) is 12.0 Å². The molecule has 0 saturated carbocycles. The summed E-state index contributed by atoms with van der Waals surface area (Å²) in [6.45, 7) is 2.84. The Morgan fingerprint density at radius 2 is 1.68 bits per heavy atom. The Balaban J connectivity index is 1.48. The van der Waals surface area contributed by atoms with E-state index in [2.05, 4.69) is 0 Å². The van der Waals surface area contributed by atoms with Crippen LogP contribution >= 0.6 is 0 Å². The molecular formula is C23H22O5. The largest absolute Gasteiger partial charge is 0.466 e. The number of carbonyl (C=O) groups is 2. The van der Waals surface area contributed by atoms with Gasteiger partial charge in [-0.3, -0.25) is 4.79 Å². The Hall–Kier alpha value is -2.92. The average molecular weight is 378 g/mol. The highest BCUT2D eigenvalue weighted by atomic mass is 16.6. The number of ether oxygens (including phenoxy) is 3. The van der Waals surface area contributed by atoms with Gasteiger partial charge >= 0.3 is 5.97 Å². The van der Waals surface area contributed by atoms with Gasteiger partial charge in [0.2, 0.25) is 5.78 Å². The molecule has 1 saturated heterocycles. The average Bonchev–Trinajstić information content (AvgIpc) is 3.21. The van der Waals surface area contributed by atoms with Crippen molar-refractivity contribution in [3.63, 3.8) is 0 Å². The van der Waals surface area contributed by atoms with Crippen molar-refractivity contribution in [1.29, 1.82) is 0 Å². The van der Waals surface area contributed by atoms with Gasteiger partial charge < -0.3 is 14.2 Å². The molecule has 28 heavy (non-hydrogen) atoms. The van der Waals surface area contributed by atoms with E-state index in [4.69, 9.17) is 14.2 Å². The molecule has 144 valence electrons. The Morgan fingerprint density at radius 3 is 2.39 bits per heavy atom. The van der Waals surface area contributed by atoms with E-state index < -0.39 is 17.0 Å². The maximum absolute atomic E-state index is 12.9. The molecule has 0 bridgehead atoms. The van der Waals surface area contributed by atoms with Gasteiger partial charge in [-0.25, -0.2) is 4.79 Å². The summed E-state index contributed by atoms with van der Waals surface area (Å²) >= 11 is 0. The van der Waals surface area contributed by atoms with Crippen LogP contribution in [0.25, 0.3) is 5.76 Å². The van der Waals surface area contributed by atoms with Crippen LogP contribution in [0.15, 0.2) is 66.7 Å². The highest BCUT2D eigenvalue weighted by molar-refractivity contribution is 6.19. The lowest BCUT2D eigenvalue weighted by Crippen LogP contribution is -2.54. The minimum absolute atomic E-state index is 0.127. The maximum Gasteiger partial charge on any atom is 0.359 e. The molecule has 1 fully saturated rings. The number of rotatable bonds is 6. The van der Waals surface area contributed by atoms with Gasteiger partial charge in [-0.2, -0.15) is 0 Å². The van der Waals surface area contributed by atoms with E-state index in [1.54, 1.807) is 0 Å². The van der Waals surface area contributed by atoms with Crippen LogP contribution in [-0.4, -0.2) is 30.6 Å². The van der Waals surface area contributed by atoms with Crippen molar-refractivity contribution < 1.29 is 23.8 Å². The molecule has 0 aromatic heterocycles. The van der Waals surface area contributed by atoms with E-state index in [9.17, 15) is 9.59 Å². The van der Waals surface area contributed by atoms with Crippen molar-refractivity contribution in [3.05, 3.63) is 77.9 Å². The standard InChI is InChI=1S/C23H22O5/c1-22(12-13-26-15-17-8-4-2-5-9-17)16-27-21(25)23(22)20(24)14-19(28-23)18-10-6-3-7-11-18/h2-11,14H,12-13,15-16H2,1H3/t22-,23-/m1/s1. The fourth-order valence-electron chi connectivity index (χ4n) is 3.76. The first-order chi connectivity index (χ1) is 13.6. The van der Waals surface area contributed by atoms with E-state index >= 15 is 0 Å². The fourth-order valence-corrected chi connectivity index (χ4v) is 3.76. The molecule has 5 heteroatoms. The Bertz CT molecular complexity index is 905. The summed E-state index contributed by atoms with van der Waals surface area (Å²) in [5.74, 6) is -0.578. The van der Waals surface area contributed by atoms with Crippen molar-refractivity contribution in [2.45, 2.75) is 25.6 Å². The first-order valence-corrected chi connectivity index (χ1v) is 9.35. The summed E-state index contributed by atoms with van der Waals surface area (Å²) in [4.78, 5) is 25.5. The van der Waals surface area contributed by atoms with Crippen molar-refractivity contribution >= 4 is 17.5 Å². The van der Waals surface area contributed by atoms with Crippen LogP contribution in [0.2, 0.25) is 0 Å². The van der Waals surface area contributed by atoms with Crippen molar-refractivity contribution in [2.75, 3.05) is 13.2 Å². The second-order valence-electron chi connectivity index (χ2n) is 7.45. The smallest absolute Gasteiger partial charge is 0.359 e. The first-order valence-electron chi connectivity index (χ1n) is 9.35. The molecule has 2 aliphatic heterocycles. The molecule has 0 unspecified atom stereocenters. The molecule has 0 amide bonds. The van der Waals surface area contributed by atoms with Crippen LogP contribution in [-0.2, 0) is 30.4 Å². The van der Waals surface area contributed by atoms with Crippen LogP contribution < -0.4 is 0 Å². The summed E-state index contributed by atoms with van der Waals surface area (Å²) in [7, 11) is 0. The van der Waals surface area contributed by atoms with E-state index in [1.165, 1.54) is 6.08 Å². The number of carbonyl (C=O) groups excluding carboxylic acids is 2. The second kappa shape index (κ2) is 7.24. The topological polar surface area (TPSA) is 61.8 Å². The summed E-state index contributed by atoms with van der Waals surface area (Å²) < 4.78 is 17.1. The SMILES string of the molecule is C[C@@]1(CCOCc2ccccc2)COC(=O)[C@@]12OC(c1ccccc1)=CC2=O. The summed E-state index contributed by atoms with van der Waals surface area (Å²) in [5, 5.41) is 0. The predicted molar refractivity (Wildman–Crippen MR) is 103 cm³/mol. The summed E-state index contributed by atoms with van der Waals surface area (Å²) in [6, 6.07) is 19.1. The van der Waals surface area contributed by atoms with Gasteiger partial charge in [0, 0.05) is 18.2 Å². The lowest BCUT2D eigenvalue weighted by Gasteiger charge is -2.34. The zero-order valence-electron chi connectivity index (χ0n) is 15.7. The van der Waals surface area contributed by atoms with Gasteiger partial charge in [0.25, 0.3) is 5.60 Å². The minimum atomic E-state index is -1.63. The quantitative estimate of drug-likeness (QED) is 0.437. The summed E-state index contributed by atoms with van der Waals surface area (Å²) in [6.07, 6.45) is 1.87. The van der Waals surface area contributed by atoms with Gasteiger partial charge in [0.1, 0.15) is 12.4 Å². The minimum Gasteiger partial charge on any atom is -0.466 e. The third-order valence-corrected chi connectivity index (χ3v) is 5.50. The lowest BCUT2D eigenvalue weighted by atomic mass is 9.71. The summed E-state index contributed by atoms with van der Waals surface area (Å²) in [5.41, 5.74) is -0.600. The monoisotopic (exact) mass is 378 g/mol. The number of ketones is 1. The predicted octanol–water partition coefficient (Wildman–Crippen LogP) is 3.54. The normalized spacial score (nSPS) is 26.2. The number of cyclic esters (lactones) is 1. The van der Waals surface area contributed by atoms with Crippen LogP contribution in [0.3, 0.4) is 0 Å². The van der Waals surface area contributed by atoms with E-state index in [0.29, 0.717) is 25.4 Å². The molecule has 2 aliphatic rings. The van der Waals surface area contributed by atoms with Crippen LogP contribution in [0, 0.1) is 5.41 Å². The molecular weight excluding hydrogens is 356 g/mol. The van der Waals surface area contributed by atoms with Gasteiger partial charge in [-0.15, -0.1) is 0 Å². The lowest BCUT2D eigenvalue weighted by molar-refractivity contribution is -0.160. The Kier molecular flexibility index (Phi) is 4.77. The van der Waals surface area contributed by atoms with Crippen molar-refractivity contribution in [1.82, 2.24) is 0 Å². The third-order valence-electron chi connectivity index (χ3n) is 5.50. The Morgan fingerprint density at radius 1 is 1.00 bits per heavy atom. The number of benzene rings is 2. The van der Waals surface area contributed by atoms with Crippen molar-refractivity contribution in [3.8, 4) is 0 Å². The first kappa shape index (κ1) is 18.4. The molecule has 4 rings (SSSR count). The van der Waals surface area contributed by atoms with Gasteiger partial charge in [0.15, 0.2) is 0 Å². The van der Waals surface area contributed by atoms with E-state index in [0.717, 1.165) is 11.1 Å². The van der Waals surface area contributed by atoms with E-state index in [-0.39, 0.29) is 12.4 Å². The van der Waals surface area contributed by atoms with Crippen LogP contribution in [0.4, 0.5) is 0 Å². The molecule has 1 spiro atoms. The highest BCUT2D eigenvalue weighted by Gasteiger charge is 2.69. The second-order valence-corrected chi connectivity index (χ2v) is 7.45. The Labute approximate surface area is 163 Å². The molecule has 2 aromatic rings. The number of esters is 1. The maximum atomic E-state index is 12.9. The zero-order valence-corrected chi connectivity index (χ0v) is 15.7. The molecule has 0 radical (unpaired) electrons. The van der Waals surface area contributed by atoms with Crippen LogP contribution in [0.1, 0.15) is 24.5 Å². The molecule has 0 aliphatic carbocycles. The van der Waals surface area contributed by atoms with Gasteiger partial charge in [0.05, 0.1) is 12.0 Å². The molecule has 2 atom stereocenters. The van der Waals surface area contributed by atoms with Crippen LogP contribution in [0.5, 0.6) is 0 Å². The fraction of sp³-hybridized carbons (Fsp3) is 0.304. The zero-order chi connectivity index (χ0) is 19.6. The molecule has 0 N–H and O–H groups in total. The van der Waals surface area contributed by atoms with E-state index in [1.807, 2.05) is 67.6 Å².